The van der Waals surface area contributed by atoms with Crippen LogP contribution < -0.4 is 0 Å². The maximum atomic E-state index is 11.0. The zero-order chi connectivity index (χ0) is 12.9. The molecule has 96 valence electrons. The van der Waals surface area contributed by atoms with Crippen LogP contribution in [0.3, 0.4) is 0 Å². The summed E-state index contributed by atoms with van der Waals surface area (Å²) >= 11 is 0. The Hall–Kier alpha value is -1.45. The average molecular weight is 241 g/mol. The molecule has 5 nitrogen and oxygen atoms in total. The van der Waals surface area contributed by atoms with E-state index in [0.29, 0.717) is 25.3 Å². The predicted molar refractivity (Wildman–Crippen MR) is 63.4 cm³/mol. The molecule has 0 aromatic rings. The van der Waals surface area contributed by atoms with Gasteiger partial charge in [-0.1, -0.05) is 6.58 Å². The summed E-state index contributed by atoms with van der Waals surface area (Å²) in [5.41, 5.74) is 0.390. The number of rotatable bonds is 10. The first-order chi connectivity index (χ1) is 8.18. The number of ether oxygens (including phenoxy) is 2. The Balaban J connectivity index is 3.16. The maximum Gasteiger partial charge on any atom is 0.333 e. The molecular formula is C12H19NO4. The molecule has 0 rings (SSSR count). The monoisotopic (exact) mass is 241 g/mol. The highest BCUT2D eigenvalue weighted by Crippen LogP contribution is 1.96. The summed E-state index contributed by atoms with van der Waals surface area (Å²) in [6.07, 6.45) is 4.22. The Kier molecular flexibility index (Phi) is 10.1. The SMILES string of the molecule is C=C(C)C(=O)OCCOCCCCCN=C=O. The molecule has 0 atom stereocenters. The van der Waals surface area contributed by atoms with Crippen LogP contribution in [-0.4, -0.2) is 38.4 Å². The third kappa shape index (κ3) is 10.8. The summed E-state index contributed by atoms with van der Waals surface area (Å²) in [6.45, 7) is 6.86. The Labute approximate surface area is 102 Å². The van der Waals surface area contributed by atoms with Crippen molar-refractivity contribution < 1.29 is 19.1 Å². The van der Waals surface area contributed by atoms with Gasteiger partial charge in [0.2, 0.25) is 6.08 Å². The Morgan fingerprint density at radius 2 is 2.00 bits per heavy atom. The zero-order valence-corrected chi connectivity index (χ0v) is 10.2. The van der Waals surface area contributed by atoms with E-state index in [-0.39, 0.29) is 12.6 Å². The van der Waals surface area contributed by atoms with Gasteiger partial charge >= 0.3 is 5.97 Å². The van der Waals surface area contributed by atoms with Crippen LogP contribution in [0.1, 0.15) is 26.2 Å². The van der Waals surface area contributed by atoms with E-state index < -0.39 is 0 Å². The van der Waals surface area contributed by atoms with Crippen LogP contribution in [0.2, 0.25) is 0 Å². The Bertz CT molecular complexity index is 282. The van der Waals surface area contributed by atoms with Gasteiger partial charge in [0.05, 0.1) is 13.2 Å². The lowest BCUT2D eigenvalue weighted by molar-refractivity contribution is -0.140. The van der Waals surface area contributed by atoms with Crippen molar-refractivity contribution in [3.05, 3.63) is 12.2 Å². The molecule has 0 saturated heterocycles. The van der Waals surface area contributed by atoms with Gasteiger partial charge in [-0.25, -0.2) is 14.6 Å². The molecule has 0 fully saturated rings. The van der Waals surface area contributed by atoms with Gasteiger partial charge in [-0.2, -0.15) is 0 Å². The molecule has 0 aromatic heterocycles. The van der Waals surface area contributed by atoms with Crippen molar-refractivity contribution in [2.24, 2.45) is 4.99 Å². The molecule has 17 heavy (non-hydrogen) atoms. The average Bonchev–Trinajstić information content (AvgIpc) is 2.31. The lowest BCUT2D eigenvalue weighted by atomic mass is 10.2. The largest absolute Gasteiger partial charge is 0.460 e. The minimum absolute atomic E-state index is 0.251. The number of hydrogen-bond donors (Lipinski definition) is 0. The summed E-state index contributed by atoms with van der Waals surface area (Å²) < 4.78 is 10.1. The molecule has 0 aromatic carbocycles. The van der Waals surface area contributed by atoms with Crippen molar-refractivity contribution in [1.82, 2.24) is 0 Å². The van der Waals surface area contributed by atoms with Gasteiger partial charge in [-0.15, -0.1) is 0 Å². The van der Waals surface area contributed by atoms with Crippen molar-refractivity contribution in [3.63, 3.8) is 0 Å². The molecule has 0 aliphatic carbocycles. The molecule has 0 bridgehead atoms. The van der Waals surface area contributed by atoms with Crippen molar-refractivity contribution >= 4 is 12.0 Å². The summed E-state index contributed by atoms with van der Waals surface area (Å²) in [6, 6.07) is 0. The fourth-order valence-corrected chi connectivity index (χ4v) is 1.04. The molecule has 0 amide bonds. The molecule has 0 aliphatic rings. The summed E-state index contributed by atoms with van der Waals surface area (Å²) in [5.74, 6) is -0.389. The highest BCUT2D eigenvalue weighted by Gasteiger charge is 2.01. The van der Waals surface area contributed by atoms with E-state index in [4.69, 9.17) is 9.47 Å². The van der Waals surface area contributed by atoms with E-state index in [9.17, 15) is 9.59 Å². The first-order valence-electron chi connectivity index (χ1n) is 5.62. The van der Waals surface area contributed by atoms with Crippen LogP contribution in [0.4, 0.5) is 0 Å². The number of hydrogen-bond acceptors (Lipinski definition) is 5. The van der Waals surface area contributed by atoms with Crippen LogP contribution in [-0.2, 0) is 19.1 Å². The van der Waals surface area contributed by atoms with Crippen LogP contribution in [0.5, 0.6) is 0 Å². The van der Waals surface area contributed by atoms with E-state index in [1.165, 1.54) is 6.08 Å². The molecule has 0 aliphatic heterocycles. The van der Waals surface area contributed by atoms with E-state index in [2.05, 4.69) is 11.6 Å². The second-order valence-corrected chi connectivity index (χ2v) is 3.56. The Morgan fingerprint density at radius 3 is 2.65 bits per heavy atom. The minimum atomic E-state index is -0.389. The lowest BCUT2D eigenvalue weighted by Gasteiger charge is -2.05. The second kappa shape index (κ2) is 11.0. The van der Waals surface area contributed by atoms with Gasteiger partial charge in [0.25, 0.3) is 0 Å². The van der Waals surface area contributed by atoms with Crippen molar-refractivity contribution in [2.75, 3.05) is 26.4 Å². The number of isocyanates is 1. The van der Waals surface area contributed by atoms with E-state index >= 15 is 0 Å². The summed E-state index contributed by atoms with van der Waals surface area (Å²) in [7, 11) is 0. The van der Waals surface area contributed by atoms with Crippen LogP contribution >= 0.6 is 0 Å². The van der Waals surface area contributed by atoms with E-state index in [1.54, 1.807) is 6.92 Å². The van der Waals surface area contributed by atoms with E-state index in [1.807, 2.05) is 0 Å². The van der Waals surface area contributed by atoms with Gasteiger partial charge in [0.1, 0.15) is 6.61 Å². The van der Waals surface area contributed by atoms with Gasteiger partial charge in [0.15, 0.2) is 0 Å². The van der Waals surface area contributed by atoms with Gasteiger partial charge < -0.3 is 9.47 Å². The predicted octanol–water partition coefficient (Wildman–Crippen LogP) is 1.63. The maximum absolute atomic E-state index is 11.0. The first kappa shape index (κ1) is 15.6. The number of unbranched alkanes of at least 4 members (excludes halogenated alkanes) is 2. The normalized spacial score (nSPS) is 9.47. The number of carbonyl (C=O) groups is 1. The molecule has 0 saturated carbocycles. The lowest BCUT2D eigenvalue weighted by Crippen LogP contribution is -2.11. The second-order valence-electron chi connectivity index (χ2n) is 3.56. The molecule has 0 heterocycles. The van der Waals surface area contributed by atoms with Crippen LogP contribution in [0.15, 0.2) is 17.1 Å². The minimum Gasteiger partial charge on any atom is -0.460 e. The molecule has 0 radical (unpaired) electrons. The standard InChI is InChI=1S/C12H19NO4/c1-11(2)12(15)17-9-8-16-7-5-3-4-6-13-10-14/h1,3-9H2,2H3. The topological polar surface area (TPSA) is 65.0 Å². The van der Waals surface area contributed by atoms with Crippen molar-refractivity contribution in [3.8, 4) is 0 Å². The van der Waals surface area contributed by atoms with Crippen molar-refractivity contribution in [1.29, 1.82) is 0 Å². The third-order valence-electron chi connectivity index (χ3n) is 1.93. The first-order valence-corrected chi connectivity index (χ1v) is 5.62. The third-order valence-corrected chi connectivity index (χ3v) is 1.93. The molecule has 0 N–H and O–H groups in total. The Morgan fingerprint density at radius 1 is 1.24 bits per heavy atom. The molecule has 0 spiro atoms. The summed E-state index contributed by atoms with van der Waals surface area (Å²) in [4.78, 5) is 24.2. The highest BCUT2D eigenvalue weighted by atomic mass is 16.6. The van der Waals surface area contributed by atoms with E-state index in [0.717, 1.165) is 19.3 Å². The highest BCUT2D eigenvalue weighted by molar-refractivity contribution is 5.86. The number of nitrogens with zero attached hydrogens (tertiary/aromatic N) is 1. The summed E-state index contributed by atoms with van der Waals surface area (Å²) in [5, 5.41) is 0. The van der Waals surface area contributed by atoms with Gasteiger partial charge in [-0.05, 0) is 26.2 Å². The molecular weight excluding hydrogens is 222 g/mol. The fraction of sp³-hybridized carbons (Fsp3) is 0.667. The molecule has 0 unspecified atom stereocenters. The molecule has 5 heteroatoms. The van der Waals surface area contributed by atoms with Gasteiger partial charge in [-0.3, -0.25) is 0 Å². The number of carbonyl (C=O) groups excluding carboxylic acids is 2. The number of esters is 1. The smallest absolute Gasteiger partial charge is 0.333 e. The van der Waals surface area contributed by atoms with Crippen molar-refractivity contribution in [2.45, 2.75) is 26.2 Å². The zero-order valence-electron chi connectivity index (χ0n) is 10.2. The quantitative estimate of drug-likeness (QED) is 0.192. The fourth-order valence-electron chi connectivity index (χ4n) is 1.04. The van der Waals surface area contributed by atoms with Crippen LogP contribution in [0.25, 0.3) is 0 Å². The van der Waals surface area contributed by atoms with Crippen LogP contribution in [0, 0.1) is 0 Å². The van der Waals surface area contributed by atoms with Gasteiger partial charge in [0, 0.05) is 12.2 Å². The number of aliphatic imine (C=N–C) groups is 1.